The van der Waals surface area contributed by atoms with E-state index in [2.05, 4.69) is 17.9 Å². The summed E-state index contributed by atoms with van der Waals surface area (Å²) < 4.78 is 5.31. The van der Waals surface area contributed by atoms with Gasteiger partial charge in [-0.1, -0.05) is 6.92 Å². The van der Waals surface area contributed by atoms with Crippen LogP contribution in [0.4, 0.5) is 5.69 Å². The summed E-state index contributed by atoms with van der Waals surface area (Å²) in [5, 5.41) is 9.39. The monoisotopic (exact) mass is 237 g/mol. The summed E-state index contributed by atoms with van der Waals surface area (Å²) in [4.78, 5) is 2.09. The first-order valence-corrected chi connectivity index (χ1v) is 5.98. The maximum absolute atomic E-state index is 9.39. The van der Waals surface area contributed by atoms with Gasteiger partial charge >= 0.3 is 0 Å². The van der Waals surface area contributed by atoms with Crippen LogP contribution in [0.1, 0.15) is 26.3 Å². The van der Waals surface area contributed by atoms with E-state index in [1.54, 1.807) is 7.11 Å². The molecule has 0 bridgehead atoms. The van der Waals surface area contributed by atoms with Gasteiger partial charge in [-0.05, 0) is 44.0 Å². The Hall–Kier alpha value is -1.22. The molecule has 0 unspecified atom stereocenters. The minimum Gasteiger partial charge on any atom is -0.496 e. The number of methoxy groups -OCH3 is 1. The number of hydrogen-bond donors (Lipinski definition) is 1. The Bertz CT molecular complexity index is 374. The molecule has 0 spiro atoms. The lowest BCUT2D eigenvalue weighted by atomic mass is 10.0. The number of rotatable bonds is 5. The number of aliphatic hydroxyl groups is 1. The molecular weight excluding hydrogens is 214 g/mol. The molecule has 0 amide bonds. The van der Waals surface area contributed by atoms with E-state index in [-0.39, 0.29) is 12.1 Å². The minimum atomic E-state index is -0.264. The van der Waals surface area contributed by atoms with Crippen LogP contribution < -0.4 is 9.64 Å². The van der Waals surface area contributed by atoms with Crippen LogP contribution in [0.2, 0.25) is 0 Å². The molecule has 3 heteroatoms. The largest absolute Gasteiger partial charge is 0.496 e. The molecule has 0 aromatic heterocycles. The highest BCUT2D eigenvalue weighted by molar-refractivity contribution is 5.54. The normalized spacial score (nSPS) is 11.4. The standard InChI is InChI=1S/C14H23NO2/c1-6-11-9-12(7-8-13(11)17-5)15(4)14(2,3)10-16/h7-9,16H,6,10H2,1-5H3. The van der Waals surface area contributed by atoms with Gasteiger partial charge in [-0.25, -0.2) is 0 Å². The van der Waals surface area contributed by atoms with Crippen molar-refractivity contribution in [2.45, 2.75) is 32.7 Å². The molecule has 96 valence electrons. The summed E-state index contributed by atoms with van der Waals surface area (Å²) in [6, 6.07) is 6.13. The number of aryl methyl sites for hydroxylation is 1. The van der Waals surface area contributed by atoms with Gasteiger partial charge < -0.3 is 14.7 Å². The molecule has 0 radical (unpaired) electrons. The predicted molar refractivity (Wildman–Crippen MR) is 71.9 cm³/mol. The third kappa shape index (κ3) is 2.91. The zero-order valence-electron chi connectivity index (χ0n) is 11.4. The molecule has 1 rings (SSSR count). The first-order valence-electron chi connectivity index (χ1n) is 5.98. The molecule has 1 N–H and O–H groups in total. The Kier molecular flexibility index (Phi) is 4.40. The van der Waals surface area contributed by atoms with Gasteiger partial charge in [0.15, 0.2) is 0 Å². The molecule has 3 nitrogen and oxygen atoms in total. The number of aliphatic hydroxyl groups excluding tert-OH is 1. The molecule has 0 saturated carbocycles. The van der Waals surface area contributed by atoms with Crippen molar-refractivity contribution in [3.05, 3.63) is 23.8 Å². The third-order valence-electron chi connectivity index (χ3n) is 3.33. The van der Waals surface area contributed by atoms with Crippen LogP contribution in [-0.4, -0.2) is 31.4 Å². The summed E-state index contributed by atoms with van der Waals surface area (Å²) in [6.07, 6.45) is 0.935. The van der Waals surface area contributed by atoms with Crippen LogP contribution in [0, 0.1) is 0 Å². The molecular formula is C14H23NO2. The number of nitrogens with zero attached hydrogens (tertiary/aromatic N) is 1. The average Bonchev–Trinajstić information content (AvgIpc) is 2.36. The van der Waals surface area contributed by atoms with E-state index >= 15 is 0 Å². The van der Waals surface area contributed by atoms with E-state index in [1.165, 1.54) is 5.56 Å². The molecule has 0 heterocycles. The van der Waals surface area contributed by atoms with Crippen molar-refractivity contribution in [3.8, 4) is 5.75 Å². The van der Waals surface area contributed by atoms with Crippen molar-refractivity contribution in [2.75, 3.05) is 25.7 Å². The van der Waals surface area contributed by atoms with Crippen LogP contribution in [-0.2, 0) is 6.42 Å². The zero-order valence-corrected chi connectivity index (χ0v) is 11.4. The number of hydrogen-bond acceptors (Lipinski definition) is 3. The zero-order chi connectivity index (χ0) is 13.1. The van der Waals surface area contributed by atoms with Crippen LogP contribution in [0.15, 0.2) is 18.2 Å². The highest BCUT2D eigenvalue weighted by Gasteiger charge is 2.23. The Balaban J connectivity index is 3.07. The Labute approximate surface area is 104 Å². The van der Waals surface area contributed by atoms with E-state index in [0.29, 0.717) is 0 Å². The number of likely N-dealkylation sites (N-methyl/N-ethyl adjacent to an activating group) is 1. The second kappa shape index (κ2) is 5.41. The Morgan fingerprint density at radius 3 is 2.47 bits per heavy atom. The summed E-state index contributed by atoms with van der Waals surface area (Å²) >= 11 is 0. The smallest absolute Gasteiger partial charge is 0.122 e. The van der Waals surface area contributed by atoms with Crippen molar-refractivity contribution in [1.29, 1.82) is 0 Å². The lowest BCUT2D eigenvalue weighted by Gasteiger charge is -2.36. The fraction of sp³-hybridized carbons (Fsp3) is 0.571. The van der Waals surface area contributed by atoms with Crippen molar-refractivity contribution in [2.24, 2.45) is 0 Å². The molecule has 1 aromatic carbocycles. The van der Waals surface area contributed by atoms with Gasteiger partial charge in [0.25, 0.3) is 0 Å². The Morgan fingerprint density at radius 2 is 2.00 bits per heavy atom. The number of ether oxygens (including phenoxy) is 1. The predicted octanol–water partition coefficient (Wildman–Crippen LogP) is 2.46. The van der Waals surface area contributed by atoms with Gasteiger partial charge in [-0.3, -0.25) is 0 Å². The summed E-state index contributed by atoms with van der Waals surface area (Å²) in [7, 11) is 3.69. The highest BCUT2D eigenvalue weighted by Crippen LogP contribution is 2.28. The van der Waals surface area contributed by atoms with Crippen LogP contribution in [0.3, 0.4) is 0 Å². The molecule has 0 saturated heterocycles. The minimum absolute atomic E-state index is 0.122. The average molecular weight is 237 g/mol. The molecule has 17 heavy (non-hydrogen) atoms. The Morgan fingerprint density at radius 1 is 1.35 bits per heavy atom. The second-order valence-corrected chi connectivity index (χ2v) is 4.88. The fourth-order valence-corrected chi connectivity index (χ4v) is 1.71. The van der Waals surface area contributed by atoms with Crippen molar-refractivity contribution < 1.29 is 9.84 Å². The summed E-state index contributed by atoms with van der Waals surface area (Å²) in [5.74, 6) is 0.923. The lowest BCUT2D eigenvalue weighted by Crippen LogP contribution is -2.44. The maximum atomic E-state index is 9.39. The fourth-order valence-electron chi connectivity index (χ4n) is 1.71. The van der Waals surface area contributed by atoms with Crippen LogP contribution in [0.5, 0.6) is 5.75 Å². The summed E-state index contributed by atoms with van der Waals surface area (Å²) in [5.41, 5.74) is 2.02. The van der Waals surface area contributed by atoms with Gasteiger partial charge in [0, 0.05) is 12.7 Å². The van der Waals surface area contributed by atoms with Crippen molar-refractivity contribution in [3.63, 3.8) is 0 Å². The van der Waals surface area contributed by atoms with E-state index < -0.39 is 0 Å². The topological polar surface area (TPSA) is 32.7 Å². The quantitative estimate of drug-likeness (QED) is 0.854. The lowest BCUT2D eigenvalue weighted by molar-refractivity contribution is 0.216. The van der Waals surface area contributed by atoms with E-state index in [4.69, 9.17) is 4.74 Å². The van der Waals surface area contributed by atoms with E-state index in [0.717, 1.165) is 17.9 Å². The number of benzene rings is 1. The van der Waals surface area contributed by atoms with E-state index in [9.17, 15) is 5.11 Å². The first kappa shape index (κ1) is 13.8. The molecule has 0 aliphatic heterocycles. The summed E-state index contributed by atoms with van der Waals surface area (Å²) in [6.45, 7) is 6.27. The molecule has 0 atom stereocenters. The van der Waals surface area contributed by atoms with Gasteiger partial charge in [-0.2, -0.15) is 0 Å². The third-order valence-corrected chi connectivity index (χ3v) is 3.33. The second-order valence-electron chi connectivity index (χ2n) is 4.88. The van der Waals surface area contributed by atoms with Crippen LogP contribution in [0.25, 0.3) is 0 Å². The number of anilines is 1. The molecule has 0 aliphatic rings. The van der Waals surface area contributed by atoms with Gasteiger partial charge in [0.05, 0.1) is 19.3 Å². The highest BCUT2D eigenvalue weighted by atomic mass is 16.5. The molecule has 0 fully saturated rings. The van der Waals surface area contributed by atoms with Gasteiger partial charge in [-0.15, -0.1) is 0 Å². The molecule has 1 aromatic rings. The first-order chi connectivity index (χ1) is 7.96. The van der Waals surface area contributed by atoms with Crippen molar-refractivity contribution >= 4 is 5.69 Å². The van der Waals surface area contributed by atoms with Crippen LogP contribution >= 0.6 is 0 Å². The van der Waals surface area contributed by atoms with Crippen molar-refractivity contribution in [1.82, 2.24) is 0 Å². The SMILES string of the molecule is CCc1cc(N(C)C(C)(C)CO)ccc1OC. The van der Waals surface area contributed by atoms with Gasteiger partial charge in [0.1, 0.15) is 5.75 Å². The maximum Gasteiger partial charge on any atom is 0.122 e. The van der Waals surface area contributed by atoms with E-state index in [1.807, 2.05) is 33.0 Å². The molecule has 0 aliphatic carbocycles. The van der Waals surface area contributed by atoms with Gasteiger partial charge in [0.2, 0.25) is 0 Å².